The van der Waals surface area contributed by atoms with Crippen LogP contribution in [-0.2, 0) is 10.0 Å². The van der Waals surface area contributed by atoms with Gasteiger partial charge in [-0.3, -0.25) is 0 Å². The van der Waals surface area contributed by atoms with E-state index in [1.54, 1.807) is 6.92 Å². The summed E-state index contributed by atoms with van der Waals surface area (Å²) in [5.41, 5.74) is 0.377. The third-order valence-electron chi connectivity index (χ3n) is 2.26. The molecule has 1 aromatic heterocycles. The highest BCUT2D eigenvalue weighted by Crippen LogP contribution is 2.15. The van der Waals surface area contributed by atoms with Gasteiger partial charge in [-0.15, -0.1) is 5.10 Å². The molecule has 0 aliphatic heterocycles. The van der Waals surface area contributed by atoms with Crippen LogP contribution in [0.2, 0.25) is 0 Å². The number of sulfonamides is 1. The van der Waals surface area contributed by atoms with Gasteiger partial charge < -0.3 is 4.74 Å². The van der Waals surface area contributed by atoms with Crippen LogP contribution < -0.4 is 9.46 Å². The van der Waals surface area contributed by atoms with Crippen molar-refractivity contribution in [1.29, 1.82) is 5.26 Å². The van der Waals surface area contributed by atoms with Crippen LogP contribution in [0.3, 0.4) is 0 Å². The van der Waals surface area contributed by atoms with Crippen molar-refractivity contribution in [1.82, 2.24) is 15.2 Å². The number of hydrogen-bond acceptors (Lipinski definition) is 6. The quantitative estimate of drug-likeness (QED) is 0.844. The Balaban J connectivity index is 2.19. The van der Waals surface area contributed by atoms with Crippen molar-refractivity contribution in [2.75, 3.05) is 11.3 Å². The zero-order valence-electron chi connectivity index (χ0n) is 10.5. The van der Waals surface area contributed by atoms with Gasteiger partial charge in [0.1, 0.15) is 0 Å². The Morgan fingerprint density at radius 2 is 2.10 bits per heavy atom. The Hall–Kier alpha value is -2.60. The molecule has 2 rings (SSSR count). The first-order chi connectivity index (χ1) is 9.55. The summed E-state index contributed by atoms with van der Waals surface area (Å²) in [6.45, 7) is 2.14. The second-order valence-electron chi connectivity index (χ2n) is 3.64. The van der Waals surface area contributed by atoms with E-state index in [9.17, 15) is 8.42 Å². The van der Waals surface area contributed by atoms with Crippen molar-refractivity contribution < 1.29 is 13.2 Å². The lowest BCUT2D eigenvalue weighted by Gasteiger charge is -2.04. The van der Waals surface area contributed by atoms with Crippen molar-refractivity contribution in [3.63, 3.8) is 0 Å². The van der Waals surface area contributed by atoms with Crippen LogP contribution in [0.25, 0.3) is 0 Å². The number of anilines is 1. The molecule has 20 heavy (non-hydrogen) atoms. The first kappa shape index (κ1) is 13.8. The second kappa shape index (κ2) is 5.58. The molecule has 0 amide bonds. The van der Waals surface area contributed by atoms with Crippen molar-refractivity contribution in [3.05, 3.63) is 29.8 Å². The van der Waals surface area contributed by atoms with Gasteiger partial charge >= 0.3 is 6.01 Å². The van der Waals surface area contributed by atoms with Crippen LogP contribution in [0.4, 0.5) is 5.95 Å². The fourth-order valence-electron chi connectivity index (χ4n) is 1.38. The van der Waals surface area contributed by atoms with Gasteiger partial charge in [0.15, 0.2) is 0 Å². The van der Waals surface area contributed by atoms with Crippen molar-refractivity contribution in [2.45, 2.75) is 11.8 Å². The summed E-state index contributed by atoms with van der Waals surface area (Å²) in [6, 6.07) is 7.48. The average Bonchev–Trinajstić information content (AvgIpc) is 2.86. The molecule has 104 valence electrons. The minimum Gasteiger partial charge on any atom is -0.463 e. The molecule has 0 saturated carbocycles. The molecule has 2 aromatic rings. The first-order valence-corrected chi connectivity index (χ1v) is 7.11. The van der Waals surface area contributed by atoms with Gasteiger partial charge in [-0.25, -0.2) is 18.2 Å². The highest BCUT2D eigenvalue weighted by Gasteiger charge is 2.16. The van der Waals surface area contributed by atoms with Crippen molar-refractivity contribution in [3.8, 4) is 12.1 Å². The normalized spacial score (nSPS) is 10.8. The van der Waals surface area contributed by atoms with Crippen LogP contribution >= 0.6 is 0 Å². The predicted octanol–water partition coefficient (Wildman–Crippen LogP) is 0.876. The molecular formula is C11H11N5O3S. The minimum atomic E-state index is -3.79. The molecule has 9 heteroatoms. The number of H-pyrrole nitrogens is 1. The lowest BCUT2D eigenvalue weighted by molar-refractivity contribution is 0.314. The van der Waals surface area contributed by atoms with Gasteiger partial charge in [-0.1, -0.05) is 0 Å². The van der Waals surface area contributed by atoms with E-state index >= 15 is 0 Å². The number of nitriles is 1. The maximum Gasteiger partial charge on any atom is 0.337 e. The monoisotopic (exact) mass is 293 g/mol. The number of rotatable bonds is 5. The number of hydrogen-bond donors (Lipinski definition) is 2. The van der Waals surface area contributed by atoms with E-state index in [2.05, 4.69) is 19.9 Å². The van der Waals surface area contributed by atoms with Crippen LogP contribution in [0.1, 0.15) is 12.5 Å². The maximum atomic E-state index is 12.0. The molecule has 0 saturated heterocycles. The molecule has 8 nitrogen and oxygen atoms in total. The third-order valence-corrected chi connectivity index (χ3v) is 3.62. The number of ether oxygens (including phenoxy) is 1. The van der Waals surface area contributed by atoms with E-state index in [0.29, 0.717) is 12.2 Å². The van der Waals surface area contributed by atoms with E-state index in [1.807, 2.05) is 6.07 Å². The molecule has 0 aliphatic rings. The van der Waals surface area contributed by atoms with Crippen molar-refractivity contribution >= 4 is 16.0 Å². The Morgan fingerprint density at radius 1 is 1.40 bits per heavy atom. The van der Waals surface area contributed by atoms with Crippen LogP contribution in [0.5, 0.6) is 6.01 Å². The highest BCUT2D eigenvalue weighted by atomic mass is 32.2. The van der Waals surface area contributed by atoms with Gasteiger partial charge in [-0.2, -0.15) is 10.2 Å². The van der Waals surface area contributed by atoms with Crippen molar-refractivity contribution in [2.24, 2.45) is 0 Å². The van der Waals surface area contributed by atoms with Gasteiger partial charge in [-0.05, 0) is 31.2 Å². The molecule has 1 aromatic carbocycles. The first-order valence-electron chi connectivity index (χ1n) is 5.63. The standard InChI is InChI=1S/C11H11N5O3S/c1-2-19-11-13-10(14-15-11)16-20(17,18)9-5-3-8(7-12)4-6-9/h3-6H,2H2,1H3,(H2,13,14,15,16). The van der Waals surface area contributed by atoms with E-state index in [4.69, 9.17) is 10.00 Å². The lowest BCUT2D eigenvalue weighted by atomic mass is 10.2. The van der Waals surface area contributed by atoms with Gasteiger partial charge in [0.25, 0.3) is 10.0 Å². The van der Waals surface area contributed by atoms with Gasteiger partial charge in [0, 0.05) is 0 Å². The summed E-state index contributed by atoms with van der Waals surface area (Å²) in [7, 11) is -3.79. The Morgan fingerprint density at radius 3 is 2.70 bits per heavy atom. The molecule has 2 N–H and O–H groups in total. The molecule has 0 fully saturated rings. The molecule has 0 bridgehead atoms. The predicted molar refractivity (Wildman–Crippen MR) is 69.5 cm³/mol. The van der Waals surface area contributed by atoms with Crippen LogP contribution in [0, 0.1) is 11.3 Å². The van der Waals surface area contributed by atoms with E-state index < -0.39 is 10.0 Å². The summed E-state index contributed by atoms with van der Waals surface area (Å²) < 4.78 is 31.3. The van der Waals surface area contributed by atoms with Gasteiger partial charge in [0.05, 0.1) is 23.1 Å². The molecule has 0 aliphatic carbocycles. The number of benzene rings is 1. The zero-order valence-corrected chi connectivity index (χ0v) is 11.3. The molecule has 0 atom stereocenters. The number of nitrogens with one attached hydrogen (secondary N) is 2. The zero-order chi connectivity index (χ0) is 14.6. The average molecular weight is 293 g/mol. The van der Waals surface area contributed by atoms with Gasteiger partial charge in [0.2, 0.25) is 5.95 Å². The molecular weight excluding hydrogens is 282 g/mol. The molecule has 0 unspecified atom stereocenters. The Bertz CT molecular complexity index is 730. The SMILES string of the molecule is CCOc1n[nH]c(NS(=O)(=O)c2ccc(C#N)cc2)n1. The lowest BCUT2D eigenvalue weighted by Crippen LogP contribution is -2.14. The fraction of sp³-hybridized carbons (Fsp3) is 0.182. The minimum absolute atomic E-state index is 0.0193. The van der Waals surface area contributed by atoms with Crippen LogP contribution in [-0.4, -0.2) is 30.2 Å². The highest BCUT2D eigenvalue weighted by molar-refractivity contribution is 7.92. The third kappa shape index (κ3) is 3.04. The number of nitrogens with zero attached hydrogens (tertiary/aromatic N) is 3. The second-order valence-corrected chi connectivity index (χ2v) is 5.32. The summed E-state index contributed by atoms with van der Waals surface area (Å²) in [6.07, 6.45) is 0. The molecule has 1 heterocycles. The fourth-order valence-corrected chi connectivity index (χ4v) is 2.34. The van der Waals surface area contributed by atoms with E-state index in [1.165, 1.54) is 24.3 Å². The van der Waals surface area contributed by atoms with Crippen LogP contribution in [0.15, 0.2) is 29.2 Å². The number of aromatic nitrogens is 3. The summed E-state index contributed by atoms with van der Waals surface area (Å²) in [4.78, 5) is 3.83. The maximum absolute atomic E-state index is 12.0. The smallest absolute Gasteiger partial charge is 0.337 e. The van der Waals surface area contributed by atoms with E-state index in [-0.39, 0.29) is 16.9 Å². The Kier molecular flexibility index (Phi) is 3.86. The summed E-state index contributed by atoms with van der Waals surface area (Å²) >= 11 is 0. The molecule has 0 radical (unpaired) electrons. The topological polar surface area (TPSA) is 121 Å². The largest absolute Gasteiger partial charge is 0.463 e. The Labute approximate surface area is 115 Å². The van der Waals surface area contributed by atoms with E-state index in [0.717, 1.165) is 0 Å². The summed E-state index contributed by atoms with van der Waals surface area (Å²) in [5, 5.41) is 14.8. The summed E-state index contributed by atoms with van der Waals surface area (Å²) in [5.74, 6) is -0.0437. The molecule has 0 spiro atoms. The number of aromatic amines is 1.